The van der Waals surface area contributed by atoms with Crippen molar-refractivity contribution in [2.75, 3.05) is 14.2 Å². The van der Waals surface area contributed by atoms with Crippen LogP contribution in [0.5, 0.6) is 11.5 Å². The van der Waals surface area contributed by atoms with E-state index in [4.69, 9.17) is 9.47 Å². The van der Waals surface area contributed by atoms with Crippen LogP contribution in [0.3, 0.4) is 0 Å². The van der Waals surface area contributed by atoms with E-state index in [0.29, 0.717) is 6.42 Å². The van der Waals surface area contributed by atoms with Crippen molar-refractivity contribution in [1.82, 2.24) is 0 Å². The topological polar surface area (TPSA) is 35.5 Å². The average Bonchev–Trinajstić information content (AvgIpc) is 2.73. The van der Waals surface area contributed by atoms with Gasteiger partial charge in [-0.1, -0.05) is 26.0 Å². The Balaban J connectivity index is 2.70. The Labute approximate surface area is 120 Å². The molecule has 0 bridgehead atoms. The molecule has 0 saturated carbocycles. The number of hydrogen-bond acceptors (Lipinski definition) is 3. The maximum absolute atomic E-state index is 12.0. The first-order valence-electron chi connectivity index (χ1n) is 6.79. The fourth-order valence-corrected chi connectivity index (χ4v) is 3.07. The summed E-state index contributed by atoms with van der Waals surface area (Å²) in [5.41, 5.74) is 1.05. The van der Waals surface area contributed by atoms with Crippen LogP contribution in [0.1, 0.15) is 31.4 Å². The zero-order valence-electron chi connectivity index (χ0n) is 12.8. The Morgan fingerprint density at radius 3 is 2.25 bits per heavy atom. The lowest BCUT2D eigenvalue weighted by Crippen LogP contribution is -2.39. The van der Waals surface area contributed by atoms with Crippen LogP contribution in [0.4, 0.5) is 0 Å². The highest BCUT2D eigenvalue weighted by atomic mass is 16.5. The predicted molar refractivity (Wildman–Crippen MR) is 79.6 cm³/mol. The third-order valence-electron chi connectivity index (χ3n) is 4.52. The number of benzene rings is 1. The molecule has 0 spiro atoms. The first-order valence-corrected chi connectivity index (χ1v) is 6.79. The van der Waals surface area contributed by atoms with Crippen molar-refractivity contribution in [1.29, 1.82) is 0 Å². The number of allylic oxidation sites excluding steroid dienone is 2. The molecule has 108 valence electrons. The quantitative estimate of drug-likeness (QED) is 0.623. The van der Waals surface area contributed by atoms with Gasteiger partial charge in [-0.15, -0.1) is 0 Å². The van der Waals surface area contributed by atoms with Crippen LogP contribution in [0.2, 0.25) is 0 Å². The molecule has 3 nitrogen and oxygen atoms in total. The highest BCUT2D eigenvalue weighted by Crippen LogP contribution is 2.52. The van der Waals surface area contributed by atoms with Gasteiger partial charge < -0.3 is 14.3 Å². The molecule has 0 saturated heterocycles. The zero-order valence-corrected chi connectivity index (χ0v) is 12.8. The van der Waals surface area contributed by atoms with E-state index in [0.717, 1.165) is 28.9 Å². The molecule has 20 heavy (non-hydrogen) atoms. The fourth-order valence-electron chi connectivity index (χ4n) is 3.07. The van der Waals surface area contributed by atoms with Crippen LogP contribution in [-0.2, 0) is 10.2 Å². The summed E-state index contributed by atoms with van der Waals surface area (Å²) < 4.78 is 10.9. The van der Waals surface area contributed by atoms with Crippen LogP contribution in [0.15, 0.2) is 24.3 Å². The highest BCUT2D eigenvalue weighted by Gasteiger charge is 2.49. The number of aldehydes is 1. The van der Waals surface area contributed by atoms with Crippen LogP contribution in [0.25, 0.3) is 0 Å². The normalized spacial score (nSPS) is 23.6. The molecule has 0 aliphatic heterocycles. The minimum Gasteiger partial charge on any atom is -0.496 e. The lowest BCUT2D eigenvalue weighted by molar-refractivity contribution is -0.115. The first kappa shape index (κ1) is 14.6. The van der Waals surface area contributed by atoms with Gasteiger partial charge in [0.2, 0.25) is 0 Å². The summed E-state index contributed by atoms with van der Waals surface area (Å²) in [6, 6.07) is 3.88. The number of hydrogen-bond donors (Lipinski definition) is 0. The van der Waals surface area contributed by atoms with Gasteiger partial charge in [0.05, 0.1) is 19.6 Å². The van der Waals surface area contributed by atoms with Gasteiger partial charge in [0.15, 0.2) is 0 Å². The zero-order chi connectivity index (χ0) is 15.0. The van der Waals surface area contributed by atoms with Gasteiger partial charge in [-0.25, -0.2) is 0 Å². The van der Waals surface area contributed by atoms with Gasteiger partial charge in [0.1, 0.15) is 17.8 Å². The Hall–Kier alpha value is -1.77. The van der Waals surface area contributed by atoms with Crippen LogP contribution in [0, 0.1) is 12.3 Å². The standard InChI is InChI=1S/C17H22O3/c1-12-9-15(20-5)13(10-14(12)19-4)17(11-18)8-6-7-16(17,2)3/h6-7,9-11H,8H2,1-5H3/t17-/m1/s1. The van der Waals surface area contributed by atoms with E-state index in [1.54, 1.807) is 14.2 Å². The molecule has 0 aromatic heterocycles. The number of carbonyl (C=O) groups is 1. The molecule has 0 heterocycles. The molecule has 0 unspecified atom stereocenters. The number of carbonyl (C=O) groups excluding carboxylic acids is 1. The molecule has 1 atom stereocenters. The molecule has 1 aromatic rings. The Morgan fingerprint density at radius 1 is 1.15 bits per heavy atom. The smallest absolute Gasteiger partial charge is 0.131 e. The maximum atomic E-state index is 12.0. The molecule has 1 aliphatic carbocycles. The molecule has 0 fully saturated rings. The Bertz CT molecular complexity index is 558. The maximum Gasteiger partial charge on any atom is 0.131 e. The third-order valence-corrected chi connectivity index (χ3v) is 4.52. The lowest BCUT2D eigenvalue weighted by atomic mass is 9.64. The average molecular weight is 274 g/mol. The van der Waals surface area contributed by atoms with Gasteiger partial charge in [-0.05, 0) is 36.5 Å². The second kappa shape index (κ2) is 4.97. The first-order chi connectivity index (χ1) is 9.41. The molecular formula is C17H22O3. The van der Waals surface area contributed by atoms with E-state index in [1.165, 1.54) is 0 Å². The molecule has 1 aliphatic rings. The fraction of sp³-hybridized carbons (Fsp3) is 0.471. The monoisotopic (exact) mass is 274 g/mol. The molecule has 2 rings (SSSR count). The van der Waals surface area contributed by atoms with E-state index in [-0.39, 0.29) is 5.41 Å². The SMILES string of the molecule is COc1cc([C@]2(C=O)CC=CC2(C)C)c(OC)cc1C. The van der Waals surface area contributed by atoms with Gasteiger partial charge in [-0.2, -0.15) is 0 Å². The van der Waals surface area contributed by atoms with Crippen LogP contribution >= 0.6 is 0 Å². The molecule has 0 amide bonds. The second-order valence-electron chi connectivity index (χ2n) is 5.94. The molecule has 0 radical (unpaired) electrons. The van der Waals surface area contributed by atoms with Crippen molar-refractivity contribution in [2.45, 2.75) is 32.6 Å². The predicted octanol–water partition coefficient (Wildman–Crippen LogP) is 3.44. The molecular weight excluding hydrogens is 252 g/mol. The van der Waals surface area contributed by atoms with Crippen molar-refractivity contribution in [2.24, 2.45) is 5.41 Å². The third kappa shape index (κ3) is 1.92. The van der Waals surface area contributed by atoms with Crippen molar-refractivity contribution in [3.63, 3.8) is 0 Å². The number of aryl methyl sites for hydroxylation is 1. The molecule has 0 N–H and O–H groups in total. The number of rotatable bonds is 4. The van der Waals surface area contributed by atoms with Crippen molar-refractivity contribution < 1.29 is 14.3 Å². The summed E-state index contributed by atoms with van der Waals surface area (Å²) in [5.74, 6) is 1.52. The summed E-state index contributed by atoms with van der Waals surface area (Å²) in [4.78, 5) is 12.0. The van der Waals surface area contributed by atoms with E-state index in [2.05, 4.69) is 26.0 Å². The summed E-state index contributed by atoms with van der Waals surface area (Å²) >= 11 is 0. The lowest BCUT2D eigenvalue weighted by Gasteiger charge is -2.38. The van der Waals surface area contributed by atoms with Gasteiger partial charge in [-0.3, -0.25) is 0 Å². The van der Waals surface area contributed by atoms with Crippen molar-refractivity contribution in [3.05, 3.63) is 35.4 Å². The van der Waals surface area contributed by atoms with Crippen molar-refractivity contribution in [3.8, 4) is 11.5 Å². The molecule has 3 heteroatoms. The van der Waals surface area contributed by atoms with Crippen LogP contribution in [-0.4, -0.2) is 20.5 Å². The minimum atomic E-state index is -0.598. The van der Waals surface area contributed by atoms with Crippen molar-refractivity contribution >= 4 is 6.29 Å². The van der Waals surface area contributed by atoms with Gasteiger partial charge in [0.25, 0.3) is 0 Å². The van der Waals surface area contributed by atoms with E-state index in [1.807, 2.05) is 19.1 Å². The summed E-state index contributed by atoms with van der Waals surface area (Å²) in [6.07, 6.45) is 5.92. The van der Waals surface area contributed by atoms with E-state index >= 15 is 0 Å². The summed E-state index contributed by atoms with van der Waals surface area (Å²) in [7, 11) is 3.28. The Morgan fingerprint density at radius 2 is 1.80 bits per heavy atom. The summed E-state index contributed by atoms with van der Waals surface area (Å²) in [6.45, 7) is 6.13. The van der Waals surface area contributed by atoms with Gasteiger partial charge in [0, 0.05) is 5.56 Å². The molecule has 1 aromatic carbocycles. The minimum absolute atomic E-state index is 0.248. The van der Waals surface area contributed by atoms with Crippen LogP contribution < -0.4 is 9.47 Å². The highest BCUT2D eigenvalue weighted by molar-refractivity contribution is 5.75. The largest absolute Gasteiger partial charge is 0.496 e. The number of ether oxygens (including phenoxy) is 2. The summed E-state index contributed by atoms with van der Waals surface area (Å²) in [5, 5.41) is 0. The van der Waals surface area contributed by atoms with E-state index < -0.39 is 5.41 Å². The number of methoxy groups -OCH3 is 2. The second-order valence-corrected chi connectivity index (χ2v) is 5.94. The van der Waals surface area contributed by atoms with E-state index in [9.17, 15) is 4.79 Å². The Kier molecular flexibility index (Phi) is 3.63. The van der Waals surface area contributed by atoms with Gasteiger partial charge >= 0.3 is 0 Å².